The Hall–Kier alpha value is -3.28. The standard InChI is InChI=1S/C18H16N4O2/c1-12-10-16(14-4-2-3-5-15(14)21-12)22-18(24)17(23)20-11-13-6-8-19-9-7-13/h2-10H,11H2,1H3,(H,20,23)(H,21,22,24). The summed E-state index contributed by atoms with van der Waals surface area (Å²) >= 11 is 0. The molecule has 2 amide bonds. The fourth-order valence-corrected chi connectivity index (χ4v) is 2.35. The minimum atomic E-state index is -0.709. The summed E-state index contributed by atoms with van der Waals surface area (Å²) in [6, 6.07) is 12.8. The highest BCUT2D eigenvalue weighted by Gasteiger charge is 2.15. The topological polar surface area (TPSA) is 84.0 Å². The molecule has 2 aromatic heterocycles. The number of carbonyl (C=O) groups excluding carboxylic acids is 2. The fourth-order valence-electron chi connectivity index (χ4n) is 2.35. The number of hydrogen-bond acceptors (Lipinski definition) is 4. The third-order valence-corrected chi connectivity index (χ3v) is 3.50. The summed E-state index contributed by atoms with van der Waals surface area (Å²) in [6.07, 6.45) is 3.26. The minimum Gasteiger partial charge on any atom is -0.344 e. The highest BCUT2D eigenvalue weighted by molar-refractivity contribution is 6.40. The van der Waals surface area contributed by atoms with Gasteiger partial charge in [-0.15, -0.1) is 0 Å². The van der Waals surface area contributed by atoms with E-state index < -0.39 is 11.8 Å². The second kappa shape index (κ2) is 6.87. The number of nitrogens with one attached hydrogen (secondary N) is 2. The van der Waals surface area contributed by atoms with Gasteiger partial charge in [0.05, 0.1) is 11.2 Å². The molecule has 3 aromatic rings. The molecule has 0 aliphatic carbocycles. The lowest BCUT2D eigenvalue weighted by Crippen LogP contribution is -2.35. The molecule has 24 heavy (non-hydrogen) atoms. The third-order valence-electron chi connectivity index (χ3n) is 3.50. The Bertz CT molecular complexity index is 894. The highest BCUT2D eigenvalue weighted by Crippen LogP contribution is 2.22. The predicted molar refractivity (Wildman–Crippen MR) is 91.2 cm³/mol. The van der Waals surface area contributed by atoms with Crippen LogP contribution < -0.4 is 10.6 Å². The molecule has 2 N–H and O–H groups in total. The number of aryl methyl sites for hydroxylation is 1. The molecule has 3 rings (SSSR count). The number of amides is 2. The van der Waals surface area contributed by atoms with Crippen molar-refractivity contribution in [3.05, 3.63) is 66.1 Å². The summed E-state index contributed by atoms with van der Waals surface area (Å²) < 4.78 is 0. The summed E-state index contributed by atoms with van der Waals surface area (Å²) in [7, 11) is 0. The maximum Gasteiger partial charge on any atom is 0.313 e. The van der Waals surface area contributed by atoms with Crippen LogP contribution in [0.25, 0.3) is 10.9 Å². The van der Waals surface area contributed by atoms with E-state index >= 15 is 0 Å². The van der Waals surface area contributed by atoms with Crippen LogP contribution in [0.4, 0.5) is 5.69 Å². The van der Waals surface area contributed by atoms with E-state index in [0.717, 1.165) is 22.2 Å². The summed E-state index contributed by atoms with van der Waals surface area (Å²) in [4.78, 5) is 32.4. The number of rotatable bonds is 3. The van der Waals surface area contributed by atoms with Gasteiger partial charge >= 0.3 is 11.8 Å². The molecule has 0 aliphatic rings. The lowest BCUT2D eigenvalue weighted by Gasteiger charge is -2.10. The van der Waals surface area contributed by atoms with Crippen LogP contribution in [0.1, 0.15) is 11.3 Å². The van der Waals surface area contributed by atoms with E-state index in [2.05, 4.69) is 20.6 Å². The SMILES string of the molecule is Cc1cc(NC(=O)C(=O)NCc2ccncc2)c2ccccc2n1. The molecule has 0 aliphatic heterocycles. The Morgan fingerprint density at radius 2 is 1.79 bits per heavy atom. The number of para-hydroxylation sites is 1. The van der Waals surface area contributed by atoms with E-state index in [1.807, 2.05) is 31.2 Å². The van der Waals surface area contributed by atoms with Crippen LogP contribution >= 0.6 is 0 Å². The Morgan fingerprint density at radius 1 is 1.04 bits per heavy atom. The Kier molecular flexibility index (Phi) is 4.47. The molecule has 6 nitrogen and oxygen atoms in total. The normalized spacial score (nSPS) is 10.4. The molecule has 6 heteroatoms. The van der Waals surface area contributed by atoms with Crippen molar-refractivity contribution in [2.45, 2.75) is 13.5 Å². The molecule has 0 saturated carbocycles. The van der Waals surface area contributed by atoms with Crippen molar-refractivity contribution in [3.8, 4) is 0 Å². The first-order chi connectivity index (χ1) is 11.6. The van der Waals surface area contributed by atoms with Crippen molar-refractivity contribution in [1.82, 2.24) is 15.3 Å². The van der Waals surface area contributed by atoms with Gasteiger partial charge < -0.3 is 10.6 Å². The van der Waals surface area contributed by atoms with Gasteiger partial charge in [-0.05, 0) is 36.8 Å². The number of carbonyl (C=O) groups is 2. The molecule has 0 fully saturated rings. The van der Waals surface area contributed by atoms with Crippen LogP contribution in [0.2, 0.25) is 0 Å². The van der Waals surface area contributed by atoms with Gasteiger partial charge in [-0.3, -0.25) is 19.6 Å². The first-order valence-electron chi connectivity index (χ1n) is 7.48. The van der Waals surface area contributed by atoms with E-state index in [1.54, 1.807) is 30.6 Å². The highest BCUT2D eigenvalue weighted by atomic mass is 16.2. The number of benzene rings is 1. The molecule has 0 unspecified atom stereocenters. The van der Waals surface area contributed by atoms with E-state index in [4.69, 9.17) is 0 Å². The lowest BCUT2D eigenvalue weighted by molar-refractivity contribution is -0.136. The number of aromatic nitrogens is 2. The Morgan fingerprint density at radius 3 is 2.58 bits per heavy atom. The quantitative estimate of drug-likeness (QED) is 0.725. The zero-order valence-corrected chi connectivity index (χ0v) is 13.1. The second-order valence-electron chi connectivity index (χ2n) is 5.32. The lowest BCUT2D eigenvalue weighted by atomic mass is 10.1. The number of fused-ring (bicyclic) bond motifs is 1. The molecular formula is C18H16N4O2. The first-order valence-corrected chi connectivity index (χ1v) is 7.48. The van der Waals surface area contributed by atoms with Gasteiger partial charge in [0, 0.05) is 30.0 Å². The van der Waals surface area contributed by atoms with Crippen molar-refractivity contribution in [3.63, 3.8) is 0 Å². The van der Waals surface area contributed by atoms with E-state index in [0.29, 0.717) is 5.69 Å². The number of nitrogens with zero attached hydrogens (tertiary/aromatic N) is 2. The molecule has 0 bridgehead atoms. The van der Waals surface area contributed by atoms with Gasteiger partial charge in [-0.2, -0.15) is 0 Å². The minimum absolute atomic E-state index is 0.269. The fraction of sp³-hybridized carbons (Fsp3) is 0.111. The third kappa shape index (κ3) is 3.55. The van der Waals surface area contributed by atoms with Crippen molar-refractivity contribution >= 4 is 28.4 Å². The van der Waals surface area contributed by atoms with E-state index in [-0.39, 0.29) is 6.54 Å². The van der Waals surface area contributed by atoms with Gasteiger partial charge in [0.15, 0.2) is 0 Å². The zero-order valence-electron chi connectivity index (χ0n) is 13.1. The summed E-state index contributed by atoms with van der Waals surface area (Å²) in [6.45, 7) is 2.11. The van der Waals surface area contributed by atoms with Crippen LogP contribution in [-0.2, 0) is 16.1 Å². The van der Waals surface area contributed by atoms with Crippen molar-refractivity contribution in [2.24, 2.45) is 0 Å². The van der Waals surface area contributed by atoms with Crippen LogP contribution in [0.3, 0.4) is 0 Å². The first kappa shape index (κ1) is 15.6. The molecule has 2 heterocycles. The predicted octanol–water partition coefficient (Wildman–Crippen LogP) is 2.19. The number of pyridine rings is 2. The van der Waals surface area contributed by atoms with Crippen LogP contribution in [0.5, 0.6) is 0 Å². The maximum absolute atomic E-state index is 12.1. The van der Waals surface area contributed by atoms with Gasteiger partial charge in [0.1, 0.15) is 0 Å². The molecule has 120 valence electrons. The van der Waals surface area contributed by atoms with Crippen LogP contribution in [0, 0.1) is 6.92 Å². The smallest absolute Gasteiger partial charge is 0.313 e. The number of hydrogen-bond donors (Lipinski definition) is 2. The van der Waals surface area contributed by atoms with Gasteiger partial charge in [0.25, 0.3) is 0 Å². The average Bonchev–Trinajstić information content (AvgIpc) is 2.60. The average molecular weight is 320 g/mol. The van der Waals surface area contributed by atoms with Crippen molar-refractivity contribution < 1.29 is 9.59 Å². The summed E-state index contributed by atoms with van der Waals surface area (Å²) in [5.41, 5.74) is 2.98. The zero-order chi connectivity index (χ0) is 16.9. The summed E-state index contributed by atoms with van der Waals surface area (Å²) in [5.74, 6) is -1.40. The maximum atomic E-state index is 12.1. The second-order valence-corrected chi connectivity index (χ2v) is 5.32. The van der Waals surface area contributed by atoms with Crippen LogP contribution in [-0.4, -0.2) is 21.8 Å². The Balaban J connectivity index is 1.71. The molecule has 0 atom stereocenters. The molecular weight excluding hydrogens is 304 g/mol. The van der Waals surface area contributed by atoms with Crippen LogP contribution in [0.15, 0.2) is 54.9 Å². The molecule has 0 radical (unpaired) electrons. The molecule has 1 aromatic carbocycles. The van der Waals surface area contributed by atoms with Crippen molar-refractivity contribution in [1.29, 1.82) is 0 Å². The van der Waals surface area contributed by atoms with E-state index in [1.165, 1.54) is 0 Å². The monoisotopic (exact) mass is 320 g/mol. The van der Waals surface area contributed by atoms with Gasteiger partial charge in [-0.1, -0.05) is 18.2 Å². The van der Waals surface area contributed by atoms with Gasteiger partial charge in [-0.25, -0.2) is 0 Å². The number of anilines is 1. The van der Waals surface area contributed by atoms with E-state index in [9.17, 15) is 9.59 Å². The van der Waals surface area contributed by atoms with Gasteiger partial charge in [0.2, 0.25) is 0 Å². The largest absolute Gasteiger partial charge is 0.344 e. The molecule has 0 saturated heterocycles. The molecule has 0 spiro atoms. The summed E-state index contributed by atoms with van der Waals surface area (Å²) in [5, 5.41) is 6.04. The van der Waals surface area contributed by atoms with Crippen molar-refractivity contribution in [2.75, 3.05) is 5.32 Å². The Labute approximate surface area is 138 Å².